The van der Waals surface area contributed by atoms with Crippen LogP contribution in [0.1, 0.15) is 11.1 Å². The maximum absolute atomic E-state index is 9.10. The van der Waals surface area contributed by atoms with Gasteiger partial charge in [0.05, 0.1) is 7.11 Å². The van der Waals surface area contributed by atoms with Crippen LogP contribution < -0.4 is 4.74 Å². The Hall–Kier alpha value is -2.42. The van der Waals surface area contributed by atoms with Crippen LogP contribution in [0.15, 0.2) is 53.0 Å². The van der Waals surface area contributed by atoms with Crippen LogP contribution in [0.25, 0.3) is 0 Å². The lowest BCUT2D eigenvalue weighted by atomic mass is 10.1. The quantitative estimate of drug-likeness (QED) is 0.657. The van der Waals surface area contributed by atoms with E-state index in [2.05, 4.69) is 62.1 Å². The van der Waals surface area contributed by atoms with Crippen LogP contribution in [0.4, 0.5) is 0 Å². The number of ether oxygens (including phenoxy) is 1. The summed E-state index contributed by atoms with van der Waals surface area (Å²) in [5.74, 6) is -2.72. The van der Waals surface area contributed by atoms with Crippen LogP contribution in [0, 0.1) is 0 Å². The van der Waals surface area contributed by atoms with Crippen molar-refractivity contribution >= 4 is 27.9 Å². The smallest absolute Gasteiger partial charge is 0.414 e. The summed E-state index contributed by atoms with van der Waals surface area (Å²) in [7, 11) is 1.71. The summed E-state index contributed by atoms with van der Waals surface area (Å²) in [6.45, 7) is 6.57. The van der Waals surface area contributed by atoms with Gasteiger partial charge in [0.25, 0.3) is 0 Å². The van der Waals surface area contributed by atoms with Gasteiger partial charge in [-0.2, -0.15) is 0 Å². The Morgan fingerprint density at radius 2 is 1.41 bits per heavy atom. The van der Waals surface area contributed by atoms with Crippen molar-refractivity contribution in [3.8, 4) is 5.75 Å². The SMILES string of the molecule is COc1ccc(CN2CCN(Cc3cccc(Br)c3)CC2)cc1.O=C(O)C(=O)O. The molecule has 2 aromatic carbocycles. The van der Waals surface area contributed by atoms with Crippen LogP contribution in [-0.4, -0.2) is 65.2 Å². The molecule has 0 saturated carbocycles. The lowest BCUT2D eigenvalue weighted by molar-refractivity contribution is -0.159. The van der Waals surface area contributed by atoms with Gasteiger partial charge in [-0.1, -0.05) is 40.2 Å². The number of hydrogen-bond donors (Lipinski definition) is 2. The monoisotopic (exact) mass is 464 g/mol. The van der Waals surface area contributed by atoms with Gasteiger partial charge in [-0.15, -0.1) is 0 Å². The van der Waals surface area contributed by atoms with E-state index in [1.807, 2.05) is 12.1 Å². The first-order valence-corrected chi connectivity index (χ1v) is 9.95. The van der Waals surface area contributed by atoms with E-state index in [0.29, 0.717) is 0 Å². The Morgan fingerprint density at radius 3 is 1.86 bits per heavy atom. The van der Waals surface area contributed by atoms with E-state index in [4.69, 9.17) is 24.5 Å². The lowest BCUT2D eigenvalue weighted by Gasteiger charge is -2.34. The molecule has 1 heterocycles. The minimum Gasteiger partial charge on any atom is -0.497 e. The van der Waals surface area contributed by atoms with E-state index in [-0.39, 0.29) is 0 Å². The first-order valence-electron chi connectivity index (χ1n) is 9.15. The highest BCUT2D eigenvalue weighted by Gasteiger charge is 2.17. The Kier molecular flexibility index (Phi) is 9.11. The molecule has 1 saturated heterocycles. The molecule has 0 aliphatic carbocycles. The topological polar surface area (TPSA) is 90.3 Å². The molecule has 0 atom stereocenters. The van der Waals surface area contributed by atoms with E-state index in [0.717, 1.165) is 49.5 Å². The van der Waals surface area contributed by atoms with Crippen LogP contribution >= 0.6 is 15.9 Å². The summed E-state index contributed by atoms with van der Waals surface area (Å²) in [4.78, 5) is 23.3. The number of carboxylic acids is 2. The van der Waals surface area contributed by atoms with Gasteiger partial charge in [0.15, 0.2) is 0 Å². The maximum Gasteiger partial charge on any atom is 0.414 e. The molecule has 1 fully saturated rings. The maximum atomic E-state index is 9.10. The van der Waals surface area contributed by atoms with E-state index in [1.165, 1.54) is 11.1 Å². The Bertz CT molecular complexity index is 793. The third-order valence-corrected chi connectivity index (χ3v) is 5.00. The van der Waals surface area contributed by atoms with Crippen molar-refractivity contribution in [1.29, 1.82) is 0 Å². The van der Waals surface area contributed by atoms with E-state index < -0.39 is 11.9 Å². The molecule has 1 aliphatic rings. The average Bonchev–Trinajstić information content (AvgIpc) is 2.70. The van der Waals surface area contributed by atoms with Crippen LogP contribution in [0.5, 0.6) is 5.75 Å². The fourth-order valence-electron chi connectivity index (χ4n) is 2.99. The van der Waals surface area contributed by atoms with Gasteiger partial charge >= 0.3 is 11.9 Å². The molecule has 7 nitrogen and oxygen atoms in total. The van der Waals surface area contributed by atoms with Gasteiger partial charge in [0.1, 0.15) is 5.75 Å². The third kappa shape index (κ3) is 8.23. The van der Waals surface area contributed by atoms with E-state index in [1.54, 1.807) is 7.11 Å². The number of nitrogens with zero attached hydrogens (tertiary/aromatic N) is 2. The van der Waals surface area contributed by atoms with Crippen LogP contribution in [0.2, 0.25) is 0 Å². The third-order valence-electron chi connectivity index (χ3n) is 4.51. The van der Waals surface area contributed by atoms with Gasteiger partial charge in [0.2, 0.25) is 0 Å². The summed E-state index contributed by atoms with van der Waals surface area (Å²) >= 11 is 3.55. The molecule has 156 valence electrons. The summed E-state index contributed by atoms with van der Waals surface area (Å²) in [6.07, 6.45) is 0. The lowest BCUT2D eigenvalue weighted by Crippen LogP contribution is -2.45. The Morgan fingerprint density at radius 1 is 0.897 bits per heavy atom. The zero-order valence-corrected chi connectivity index (χ0v) is 17.8. The predicted molar refractivity (Wildman–Crippen MR) is 113 cm³/mol. The van der Waals surface area contributed by atoms with Crippen LogP contribution in [0.3, 0.4) is 0 Å². The highest BCUT2D eigenvalue weighted by atomic mass is 79.9. The zero-order valence-electron chi connectivity index (χ0n) is 16.3. The van der Waals surface area contributed by atoms with Gasteiger partial charge in [-0.3, -0.25) is 9.80 Å². The van der Waals surface area contributed by atoms with Gasteiger partial charge in [-0.25, -0.2) is 9.59 Å². The summed E-state index contributed by atoms with van der Waals surface area (Å²) in [5, 5.41) is 14.8. The number of carboxylic acid groups (broad SMARTS) is 2. The van der Waals surface area contributed by atoms with E-state index in [9.17, 15) is 0 Å². The fourth-order valence-corrected chi connectivity index (χ4v) is 3.43. The summed E-state index contributed by atoms with van der Waals surface area (Å²) < 4.78 is 6.37. The molecule has 2 N–H and O–H groups in total. The molecule has 3 rings (SSSR count). The van der Waals surface area contributed by atoms with Crippen molar-refractivity contribution in [2.24, 2.45) is 0 Å². The highest BCUT2D eigenvalue weighted by molar-refractivity contribution is 9.10. The molecular weight excluding hydrogens is 440 g/mol. The molecule has 0 aromatic heterocycles. The standard InChI is InChI=1S/C19H23BrN2O.C2H2O4/c1-23-19-7-5-16(6-8-19)14-21-9-11-22(12-10-21)15-17-3-2-4-18(20)13-17;3-1(4)2(5)6/h2-8,13H,9-12,14-15H2,1H3;(H,3,4)(H,5,6). The van der Waals surface area contributed by atoms with Crippen molar-refractivity contribution < 1.29 is 24.5 Å². The average molecular weight is 465 g/mol. The largest absolute Gasteiger partial charge is 0.497 e. The predicted octanol–water partition coefficient (Wildman–Crippen LogP) is 2.93. The second-order valence-corrected chi connectivity index (χ2v) is 7.56. The van der Waals surface area contributed by atoms with Crippen molar-refractivity contribution in [1.82, 2.24) is 9.80 Å². The number of piperazine rings is 1. The van der Waals surface area contributed by atoms with Gasteiger partial charge in [-0.05, 0) is 35.4 Å². The normalized spacial score (nSPS) is 14.6. The highest BCUT2D eigenvalue weighted by Crippen LogP contribution is 2.16. The Balaban J connectivity index is 0.000000438. The number of halogens is 1. The number of methoxy groups -OCH3 is 1. The number of rotatable bonds is 5. The number of benzene rings is 2. The first kappa shape index (κ1) is 22.9. The molecule has 0 bridgehead atoms. The molecule has 2 aromatic rings. The van der Waals surface area contributed by atoms with E-state index >= 15 is 0 Å². The molecule has 8 heteroatoms. The second kappa shape index (κ2) is 11.5. The summed E-state index contributed by atoms with van der Waals surface area (Å²) in [5.41, 5.74) is 2.73. The minimum absolute atomic E-state index is 0.924. The first-order chi connectivity index (χ1) is 13.9. The van der Waals surface area contributed by atoms with Crippen molar-refractivity contribution in [3.63, 3.8) is 0 Å². The molecule has 29 heavy (non-hydrogen) atoms. The molecule has 1 aliphatic heterocycles. The second-order valence-electron chi connectivity index (χ2n) is 6.64. The van der Waals surface area contributed by atoms with Crippen molar-refractivity contribution in [2.75, 3.05) is 33.3 Å². The molecule has 0 unspecified atom stereocenters. The molecule has 0 amide bonds. The number of hydrogen-bond acceptors (Lipinski definition) is 5. The minimum atomic E-state index is -1.82. The Labute approximate surface area is 178 Å². The zero-order chi connectivity index (χ0) is 21.2. The van der Waals surface area contributed by atoms with Crippen molar-refractivity contribution in [2.45, 2.75) is 13.1 Å². The fraction of sp³-hybridized carbons (Fsp3) is 0.333. The van der Waals surface area contributed by atoms with Crippen LogP contribution in [-0.2, 0) is 22.7 Å². The van der Waals surface area contributed by atoms with Gasteiger partial charge in [0, 0.05) is 43.7 Å². The molecule has 0 radical (unpaired) electrons. The number of carbonyl (C=O) groups is 2. The number of aliphatic carboxylic acids is 2. The molecule has 0 spiro atoms. The van der Waals surface area contributed by atoms with Crippen molar-refractivity contribution in [3.05, 3.63) is 64.1 Å². The summed E-state index contributed by atoms with van der Waals surface area (Å²) in [6, 6.07) is 17.0. The van der Waals surface area contributed by atoms with Gasteiger partial charge < -0.3 is 14.9 Å². The molecular formula is C21H25BrN2O5.